The first-order chi connectivity index (χ1) is 12.1. The van der Waals surface area contributed by atoms with Crippen molar-refractivity contribution in [1.29, 1.82) is 0 Å². The van der Waals surface area contributed by atoms with Gasteiger partial charge in [0, 0.05) is 19.6 Å². The second-order valence-corrected chi connectivity index (χ2v) is 6.38. The van der Waals surface area contributed by atoms with Gasteiger partial charge in [0.15, 0.2) is 0 Å². The van der Waals surface area contributed by atoms with Crippen LogP contribution in [0.1, 0.15) is 37.7 Å². The number of hydrogen-bond donors (Lipinski definition) is 2. The molecule has 2 N–H and O–H groups in total. The first-order valence-electron chi connectivity index (χ1n) is 8.83. The third-order valence-corrected chi connectivity index (χ3v) is 4.52. The van der Waals surface area contributed by atoms with Crippen LogP contribution < -0.4 is 10.1 Å². The van der Waals surface area contributed by atoms with E-state index in [9.17, 15) is 14.7 Å². The number of carboxylic acids is 1. The van der Waals surface area contributed by atoms with Gasteiger partial charge in [-0.3, -0.25) is 9.59 Å². The van der Waals surface area contributed by atoms with Crippen LogP contribution in [0.25, 0.3) is 0 Å². The van der Waals surface area contributed by atoms with Gasteiger partial charge in [0.05, 0.1) is 19.1 Å². The van der Waals surface area contributed by atoms with E-state index in [1.165, 1.54) is 0 Å². The van der Waals surface area contributed by atoms with Crippen molar-refractivity contribution in [1.82, 2.24) is 5.32 Å². The minimum atomic E-state index is -0.929. The Labute approximate surface area is 148 Å². The summed E-state index contributed by atoms with van der Waals surface area (Å²) in [6, 6.07) is 7.33. The Bertz CT molecular complexity index is 569. The fraction of sp³-hybridized carbons (Fsp3) is 0.579. The van der Waals surface area contributed by atoms with Crippen molar-refractivity contribution in [3.05, 3.63) is 29.8 Å². The highest BCUT2D eigenvalue weighted by Gasteiger charge is 2.21. The lowest BCUT2D eigenvalue weighted by Gasteiger charge is -2.22. The maximum absolute atomic E-state index is 12.0. The second-order valence-electron chi connectivity index (χ2n) is 6.38. The summed E-state index contributed by atoms with van der Waals surface area (Å²) in [5.74, 6) is -1.08. The van der Waals surface area contributed by atoms with E-state index in [1.807, 2.05) is 18.2 Å². The molecular formula is C19H27NO5. The van der Waals surface area contributed by atoms with Gasteiger partial charge in [-0.15, -0.1) is 0 Å². The van der Waals surface area contributed by atoms with Crippen LogP contribution >= 0.6 is 0 Å². The lowest BCUT2D eigenvalue weighted by Crippen LogP contribution is -2.34. The highest BCUT2D eigenvalue weighted by Crippen LogP contribution is 2.21. The molecule has 6 nitrogen and oxygen atoms in total. The number of carboxylic acid groups (broad SMARTS) is 1. The summed E-state index contributed by atoms with van der Waals surface area (Å²) in [6.45, 7) is 0.879. The van der Waals surface area contributed by atoms with Gasteiger partial charge in [0.25, 0.3) is 0 Å². The Morgan fingerprint density at radius 3 is 2.84 bits per heavy atom. The van der Waals surface area contributed by atoms with Crippen LogP contribution in [0, 0.1) is 5.92 Å². The molecule has 25 heavy (non-hydrogen) atoms. The summed E-state index contributed by atoms with van der Waals surface area (Å²) in [6.07, 6.45) is 4.76. The summed E-state index contributed by atoms with van der Waals surface area (Å²) < 4.78 is 10.9. The summed E-state index contributed by atoms with van der Waals surface area (Å²) >= 11 is 0. The minimum Gasteiger partial charge on any atom is -0.496 e. The number of amides is 1. The third kappa shape index (κ3) is 6.38. The zero-order valence-electron chi connectivity index (χ0n) is 14.7. The number of carbonyl (C=O) groups is 2. The van der Waals surface area contributed by atoms with Gasteiger partial charge in [-0.05, 0) is 43.7 Å². The van der Waals surface area contributed by atoms with E-state index in [1.54, 1.807) is 13.2 Å². The molecule has 2 atom stereocenters. The first kappa shape index (κ1) is 19.2. The van der Waals surface area contributed by atoms with Gasteiger partial charge in [0.1, 0.15) is 5.75 Å². The quantitative estimate of drug-likeness (QED) is 0.715. The monoisotopic (exact) mass is 349 g/mol. The van der Waals surface area contributed by atoms with E-state index >= 15 is 0 Å². The van der Waals surface area contributed by atoms with E-state index in [0.717, 1.165) is 31.4 Å². The number of nitrogens with one attached hydrogen (secondary N) is 1. The number of hydrogen-bond acceptors (Lipinski definition) is 4. The molecule has 2 rings (SSSR count). The normalized spacial score (nSPS) is 18.4. The van der Waals surface area contributed by atoms with Gasteiger partial charge in [-0.2, -0.15) is 0 Å². The molecule has 138 valence electrons. The Balaban J connectivity index is 1.80. The Morgan fingerprint density at radius 2 is 2.16 bits per heavy atom. The Hall–Kier alpha value is -2.08. The summed E-state index contributed by atoms with van der Waals surface area (Å²) in [4.78, 5) is 23.5. The summed E-state index contributed by atoms with van der Waals surface area (Å²) in [7, 11) is 1.56. The maximum atomic E-state index is 12.0. The van der Waals surface area contributed by atoms with Crippen LogP contribution in [0.5, 0.6) is 5.75 Å². The van der Waals surface area contributed by atoms with Crippen LogP contribution in [0.2, 0.25) is 0 Å². The fourth-order valence-electron chi connectivity index (χ4n) is 3.04. The van der Waals surface area contributed by atoms with E-state index < -0.39 is 11.9 Å². The molecule has 6 heteroatoms. The Kier molecular flexibility index (Phi) is 7.73. The van der Waals surface area contributed by atoms with E-state index in [0.29, 0.717) is 25.0 Å². The molecule has 1 aromatic carbocycles. The molecule has 1 aliphatic rings. The zero-order chi connectivity index (χ0) is 18.1. The number of para-hydroxylation sites is 1. The van der Waals surface area contributed by atoms with Gasteiger partial charge in [-0.25, -0.2) is 0 Å². The molecule has 0 spiro atoms. The van der Waals surface area contributed by atoms with E-state index in [-0.39, 0.29) is 18.6 Å². The molecule has 0 radical (unpaired) electrons. The number of ether oxygens (including phenoxy) is 2. The molecule has 1 amide bonds. The number of carbonyl (C=O) groups excluding carboxylic acids is 1. The number of methoxy groups -OCH3 is 1. The summed E-state index contributed by atoms with van der Waals surface area (Å²) in [5, 5.41) is 12.2. The smallest absolute Gasteiger partial charge is 0.308 e. The lowest BCUT2D eigenvalue weighted by atomic mass is 9.98. The van der Waals surface area contributed by atoms with Gasteiger partial charge < -0.3 is 19.9 Å². The highest BCUT2D eigenvalue weighted by molar-refractivity contribution is 5.77. The van der Waals surface area contributed by atoms with Crippen LogP contribution in [-0.2, 0) is 20.7 Å². The molecule has 1 aliphatic heterocycles. The van der Waals surface area contributed by atoms with Crippen LogP contribution in [0.3, 0.4) is 0 Å². The summed E-state index contributed by atoms with van der Waals surface area (Å²) in [5.41, 5.74) is 0.822. The molecule has 0 bridgehead atoms. The van der Waals surface area contributed by atoms with Crippen LogP contribution in [0.15, 0.2) is 24.3 Å². The van der Waals surface area contributed by atoms with Crippen LogP contribution in [-0.4, -0.2) is 43.3 Å². The molecule has 0 aromatic heterocycles. The average Bonchev–Trinajstić information content (AvgIpc) is 2.64. The SMILES string of the molecule is COc1ccccc1CC(CNC(=O)CCC1CCCCO1)C(=O)O. The molecule has 1 aromatic rings. The first-order valence-corrected chi connectivity index (χ1v) is 8.83. The maximum Gasteiger partial charge on any atom is 0.308 e. The molecular weight excluding hydrogens is 322 g/mol. The molecule has 0 saturated carbocycles. The number of benzene rings is 1. The molecule has 1 saturated heterocycles. The molecule has 2 unspecified atom stereocenters. The van der Waals surface area contributed by atoms with Crippen molar-refractivity contribution in [2.45, 2.75) is 44.6 Å². The standard InChI is InChI=1S/C19H27NO5/c1-24-17-8-3-2-6-14(17)12-15(19(22)23)13-20-18(21)10-9-16-7-4-5-11-25-16/h2-3,6,8,15-16H,4-5,7,9-13H2,1H3,(H,20,21)(H,22,23). The molecule has 0 aliphatic carbocycles. The highest BCUT2D eigenvalue weighted by atomic mass is 16.5. The van der Waals surface area contributed by atoms with Crippen molar-refractivity contribution in [3.63, 3.8) is 0 Å². The zero-order valence-corrected chi connectivity index (χ0v) is 14.7. The predicted molar refractivity (Wildman–Crippen MR) is 93.7 cm³/mol. The fourth-order valence-corrected chi connectivity index (χ4v) is 3.04. The van der Waals surface area contributed by atoms with Crippen molar-refractivity contribution in [3.8, 4) is 5.75 Å². The van der Waals surface area contributed by atoms with Crippen molar-refractivity contribution >= 4 is 11.9 Å². The topological polar surface area (TPSA) is 84.9 Å². The van der Waals surface area contributed by atoms with Crippen molar-refractivity contribution in [2.75, 3.05) is 20.3 Å². The predicted octanol–water partition coefficient (Wildman–Crippen LogP) is 2.40. The second kappa shape index (κ2) is 10.0. The lowest BCUT2D eigenvalue weighted by molar-refractivity contribution is -0.141. The van der Waals surface area contributed by atoms with Crippen molar-refractivity contribution < 1.29 is 24.2 Å². The molecule has 1 heterocycles. The van der Waals surface area contributed by atoms with Crippen LogP contribution in [0.4, 0.5) is 0 Å². The van der Waals surface area contributed by atoms with E-state index in [4.69, 9.17) is 9.47 Å². The third-order valence-electron chi connectivity index (χ3n) is 4.52. The Morgan fingerprint density at radius 1 is 1.36 bits per heavy atom. The minimum absolute atomic E-state index is 0.109. The largest absolute Gasteiger partial charge is 0.496 e. The van der Waals surface area contributed by atoms with Gasteiger partial charge in [0.2, 0.25) is 5.91 Å². The number of rotatable bonds is 9. The number of aliphatic carboxylic acids is 1. The molecule has 1 fully saturated rings. The van der Waals surface area contributed by atoms with Gasteiger partial charge in [-0.1, -0.05) is 18.2 Å². The van der Waals surface area contributed by atoms with Crippen molar-refractivity contribution in [2.24, 2.45) is 5.92 Å². The van der Waals surface area contributed by atoms with E-state index in [2.05, 4.69) is 5.32 Å². The van der Waals surface area contributed by atoms with Gasteiger partial charge >= 0.3 is 5.97 Å². The average molecular weight is 349 g/mol.